The fourth-order valence-electron chi connectivity index (χ4n) is 0.253. The summed E-state index contributed by atoms with van der Waals surface area (Å²) in [5.41, 5.74) is 0. The van der Waals surface area contributed by atoms with Crippen molar-refractivity contribution in [3.05, 3.63) is 0 Å². The molecule has 0 spiro atoms. The molecule has 0 heterocycles. The summed E-state index contributed by atoms with van der Waals surface area (Å²) < 4.78 is 18.8. The van der Waals surface area contributed by atoms with E-state index < -0.39 is 8.25 Å². The van der Waals surface area contributed by atoms with Gasteiger partial charge in [-0.1, -0.05) is 0 Å². The van der Waals surface area contributed by atoms with Gasteiger partial charge in [0.05, 0.1) is 12.7 Å². The van der Waals surface area contributed by atoms with E-state index in [1.54, 1.807) is 6.92 Å². The minimum absolute atomic E-state index is 0.129. The quantitative estimate of drug-likeness (QED) is 0.439. The lowest BCUT2D eigenvalue weighted by Gasteiger charge is -2.07. The minimum atomic E-state index is -2.89. The van der Waals surface area contributed by atoms with Gasteiger partial charge in [0, 0.05) is 0 Å². The Morgan fingerprint density at radius 1 is 1.70 bits per heavy atom. The molecule has 0 saturated heterocycles. The van der Waals surface area contributed by atoms with Gasteiger partial charge in [0.2, 0.25) is 0 Å². The number of hydrogen-bond donors (Lipinski definition) is 2. The molecule has 2 N–H and O–H groups in total. The Morgan fingerprint density at radius 2 is 2.30 bits per heavy atom. The number of aliphatic hydroxyl groups is 1. The van der Waals surface area contributed by atoms with Crippen LogP contribution in [0.5, 0.6) is 0 Å². The SMILES string of the molecule is C[C@H](CO)OCO[PH](=O)O. The van der Waals surface area contributed by atoms with Crippen LogP contribution in [0.2, 0.25) is 0 Å². The average Bonchev–Trinajstić information content (AvgIpc) is 1.87. The highest BCUT2D eigenvalue weighted by molar-refractivity contribution is 7.32. The van der Waals surface area contributed by atoms with Crippen LogP contribution in [0.15, 0.2) is 0 Å². The zero-order valence-electron chi connectivity index (χ0n) is 5.61. The third-order valence-corrected chi connectivity index (χ3v) is 1.16. The molecule has 0 aromatic heterocycles. The molecule has 10 heavy (non-hydrogen) atoms. The standard InChI is InChI=1S/C4H11O5P/c1-4(2-5)8-3-9-10(6)7/h4-5,10H,2-3H2,1H3,(H,6,7)/t4-/m1/s1. The molecule has 0 saturated carbocycles. The van der Waals surface area contributed by atoms with Crippen molar-refractivity contribution in [3.8, 4) is 0 Å². The Balaban J connectivity index is 3.11. The van der Waals surface area contributed by atoms with Crippen LogP contribution >= 0.6 is 8.25 Å². The molecule has 0 bridgehead atoms. The van der Waals surface area contributed by atoms with Crippen LogP contribution in [0.1, 0.15) is 6.92 Å². The van der Waals surface area contributed by atoms with Crippen LogP contribution in [-0.4, -0.2) is 29.5 Å². The van der Waals surface area contributed by atoms with Crippen molar-refractivity contribution < 1.29 is 23.8 Å². The Morgan fingerprint density at radius 3 is 2.70 bits per heavy atom. The van der Waals surface area contributed by atoms with Gasteiger partial charge in [0.1, 0.15) is 0 Å². The smallest absolute Gasteiger partial charge is 0.318 e. The van der Waals surface area contributed by atoms with Gasteiger partial charge in [-0.3, -0.25) is 9.09 Å². The highest BCUT2D eigenvalue weighted by Crippen LogP contribution is 2.13. The monoisotopic (exact) mass is 170 g/mol. The molecule has 2 atom stereocenters. The molecule has 0 rings (SSSR count). The van der Waals surface area contributed by atoms with Crippen LogP contribution in [0.4, 0.5) is 0 Å². The fraction of sp³-hybridized carbons (Fsp3) is 1.00. The molecule has 0 aliphatic heterocycles. The van der Waals surface area contributed by atoms with Gasteiger partial charge < -0.3 is 14.7 Å². The molecule has 0 aromatic carbocycles. The van der Waals surface area contributed by atoms with Crippen molar-refractivity contribution in [2.24, 2.45) is 0 Å². The molecule has 0 amide bonds. The first-order valence-electron chi connectivity index (χ1n) is 2.75. The van der Waals surface area contributed by atoms with Crippen molar-refractivity contribution >= 4 is 8.25 Å². The van der Waals surface area contributed by atoms with Crippen LogP contribution in [0.3, 0.4) is 0 Å². The average molecular weight is 170 g/mol. The summed E-state index contributed by atoms with van der Waals surface area (Å²) in [5.74, 6) is 0. The summed E-state index contributed by atoms with van der Waals surface area (Å²) in [6.45, 7) is 1.24. The van der Waals surface area contributed by atoms with Crippen molar-refractivity contribution in [3.63, 3.8) is 0 Å². The van der Waals surface area contributed by atoms with Gasteiger partial charge in [-0.2, -0.15) is 0 Å². The Hall–Kier alpha value is 0.0700. The molecule has 0 aromatic rings. The van der Waals surface area contributed by atoms with E-state index in [1.165, 1.54) is 0 Å². The van der Waals surface area contributed by atoms with Crippen LogP contribution in [0.25, 0.3) is 0 Å². The lowest BCUT2D eigenvalue weighted by Crippen LogP contribution is -2.13. The van der Waals surface area contributed by atoms with Gasteiger partial charge in [0.15, 0.2) is 6.79 Å². The molecule has 0 fully saturated rings. The number of ether oxygens (including phenoxy) is 1. The Kier molecular flexibility index (Phi) is 5.87. The van der Waals surface area contributed by atoms with Gasteiger partial charge >= 0.3 is 8.25 Å². The van der Waals surface area contributed by atoms with E-state index in [9.17, 15) is 4.57 Å². The lowest BCUT2D eigenvalue weighted by atomic mass is 10.4. The number of hydrogen-bond acceptors (Lipinski definition) is 4. The molecular formula is C4H11O5P. The maximum absolute atomic E-state index is 9.89. The van der Waals surface area contributed by atoms with E-state index in [0.717, 1.165) is 0 Å². The normalized spacial score (nSPS) is 16.7. The van der Waals surface area contributed by atoms with Crippen LogP contribution in [-0.2, 0) is 13.8 Å². The zero-order chi connectivity index (χ0) is 7.98. The summed E-state index contributed by atoms with van der Waals surface area (Å²) in [6.07, 6.45) is -0.360. The summed E-state index contributed by atoms with van der Waals surface area (Å²) >= 11 is 0. The van der Waals surface area contributed by atoms with E-state index in [0.29, 0.717) is 0 Å². The first-order valence-corrected chi connectivity index (χ1v) is 4.01. The third kappa shape index (κ3) is 6.19. The minimum Gasteiger partial charge on any atom is -0.394 e. The maximum Gasteiger partial charge on any atom is 0.318 e. The van der Waals surface area contributed by atoms with E-state index in [4.69, 9.17) is 14.7 Å². The largest absolute Gasteiger partial charge is 0.394 e. The fourth-order valence-corrected chi connectivity index (χ4v) is 0.422. The van der Waals surface area contributed by atoms with Crippen LogP contribution in [0, 0.1) is 0 Å². The van der Waals surface area contributed by atoms with Gasteiger partial charge in [0.25, 0.3) is 0 Å². The summed E-state index contributed by atoms with van der Waals surface area (Å²) in [4.78, 5) is 8.12. The number of rotatable bonds is 5. The molecule has 0 radical (unpaired) electrons. The second-order valence-corrected chi connectivity index (χ2v) is 2.51. The zero-order valence-corrected chi connectivity index (χ0v) is 6.61. The third-order valence-electron chi connectivity index (χ3n) is 0.792. The second kappa shape index (κ2) is 5.82. The maximum atomic E-state index is 9.89. The Labute approximate surface area is 59.5 Å². The van der Waals surface area contributed by atoms with Crippen molar-refractivity contribution in [1.29, 1.82) is 0 Å². The van der Waals surface area contributed by atoms with Crippen molar-refractivity contribution in [2.45, 2.75) is 13.0 Å². The number of aliphatic hydroxyl groups excluding tert-OH is 1. The highest BCUT2D eigenvalue weighted by Gasteiger charge is 1.99. The van der Waals surface area contributed by atoms with Crippen LogP contribution < -0.4 is 0 Å². The molecule has 62 valence electrons. The summed E-state index contributed by atoms with van der Waals surface area (Å²) in [7, 11) is -2.89. The Bertz CT molecular complexity index is 106. The molecule has 1 unspecified atom stereocenters. The van der Waals surface area contributed by atoms with Gasteiger partial charge in [-0.05, 0) is 6.92 Å². The summed E-state index contributed by atoms with van der Waals surface area (Å²) in [5, 5.41) is 8.39. The topological polar surface area (TPSA) is 76.0 Å². The van der Waals surface area contributed by atoms with Crippen molar-refractivity contribution in [1.82, 2.24) is 0 Å². The van der Waals surface area contributed by atoms with E-state index in [-0.39, 0.29) is 19.5 Å². The van der Waals surface area contributed by atoms with Crippen molar-refractivity contribution in [2.75, 3.05) is 13.4 Å². The molecule has 0 aliphatic carbocycles. The molecule has 0 aliphatic rings. The first-order chi connectivity index (χ1) is 4.66. The van der Waals surface area contributed by atoms with Gasteiger partial charge in [-0.15, -0.1) is 0 Å². The van der Waals surface area contributed by atoms with E-state index in [1.807, 2.05) is 0 Å². The molecular weight excluding hydrogens is 159 g/mol. The summed E-state index contributed by atoms with van der Waals surface area (Å²) in [6, 6.07) is 0. The van der Waals surface area contributed by atoms with E-state index >= 15 is 0 Å². The molecule has 5 nitrogen and oxygen atoms in total. The highest BCUT2D eigenvalue weighted by atomic mass is 31.1. The lowest BCUT2D eigenvalue weighted by molar-refractivity contribution is -0.0488. The second-order valence-electron chi connectivity index (χ2n) is 1.69. The predicted octanol–water partition coefficient (Wildman–Crippen LogP) is -0.260. The van der Waals surface area contributed by atoms with Gasteiger partial charge in [-0.25, -0.2) is 0 Å². The first kappa shape index (κ1) is 10.1. The van der Waals surface area contributed by atoms with E-state index in [2.05, 4.69) is 4.52 Å². The predicted molar refractivity (Wildman–Crippen MR) is 34.8 cm³/mol. The molecule has 6 heteroatoms.